The minimum Gasteiger partial charge on any atom is -0.477 e. The van der Waals surface area contributed by atoms with Crippen LogP contribution >= 0.6 is 0 Å². The number of nitrogens with two attached hydrogens (primary N) is 1. The number of rotatable bonds is 3. The summed E-state index contributed by atoms with van der Waals surface area (Å²) in [5.74, 6) is 0.0774. The fourth-order valence-electron chi connectivity index (χ4n) is 1.67. The fourth-order valence-corrected chi connectivity index (χ4v) is 1.67. The molecule has 0 radical (unpaired) electrons. The molecule has 5 heteroatoms. The second-order valence-electron chi connectivity index (χ2n) is 3.84. The smallest absolute Gasteiger partial charge is 0.346 e. The van der Waals surface area contributed by atoms with Gasteiger partial charge in [-0.15, -0.1) is 0 Å². The van der Waals surface area contributed by atoms with Crippen molar-refractivity contribution in [1.82, 2.24) is 4.98 Å². The minimum atomic E-state index is -0.691. The fraction of sp³-hybridized carbons (Fsp3) is 0.231. The molecule has 94 valence electrons. The number of aromatic nitrogens is 1. The van der Waals surface area contributed by atoms with Gasteiger partial charge in [-0.1, -0.05) is 0 Å². The van der Waals surface area contributed by atoms with Gasteiger partial charge in [0.05, 0.1) is 7.11 Å². The predicted molar refractivity (Wildman–Crippen MR) is 68.3 cm³/mol. The van der Waals surface area contributed by atoms with Crippen LogP contribution in [0.5, 0.6) is 5.75 Å². The van der Waals surface area contributed by atoms with Gasteiger partial charge in [0.1, 0.15) is 11.3 Å². The molecule has 1 unspecified atom stereocenters. The van der Waals surface area contributed by atoms with Crippen LogP contribution in [-0.2, 0) is 9.53 Å². The topological polar surface area (TPSA) is 74.4 Å². The van der Waals surface area contributed by atoms with Gasteiger partial charge in [-0.25, -0.2) is 4.79 Å². The third-order valence-electron chi connectivity index (χ3n) is 2.60. The summed E-state index contributed by atoms with van der Waals surface area (Å²) in [6.07, 6.45) is 0.959. The first-order valence-corrected chi connectivity index (χ1v) is 5.51. The summed E-state index contributed by atoms with van der Waals surface area (Å²) in [6.45, 7) is 1.62. The standard InChI is InChI=1S/C13H14N2O3/c1-8(13(16)17-2)18-11-6-5-10(14)9-4-3-7-15-12(9)11/h3-8H,14H2,1-2H3. The molecule has 2 aromatic rings. The van der Waals surface area contributed by atoms with Gasteiger partial charge in [-0.2, -0.15) is 0 Å². The number of pyridine rings is 1. The van der Waals surface area contributed by atoms with Gasteiger partial charge < -0.3 is 15.2 Å². The summed E-state index contributed by atoms with van der Waals surface area (Å²) in [6, 6.07) is 7.08. The number of hydrogen-bond donors (Lipinski definition) is 1. The van der Waals surface area contributed by atoms with E-state index in [1.165, 1.54) is 7.11 Å². The van der Waals surface area contributed by atoms with Crippen LogP contribution in [0, 0.1) is 0 Å². The van der Waals surface area contributed by atoms with Gasteiger partial charge in [0, 0.05) is 17.3 Å². The third-order valence-corrected chi connectivity index (χ3v) is 2.60. The highest BCUT2D eigenvalue weighted by molar-refractivity contribution is 5.94. The first-order valence-electron chi connectivity index (χ1n) is 5.51. The monoisotopic (exact) mass is 246 g/mol. The maximum atomic E-state index is 11.3. The van der Waals surface area contributed by atoms with Crippen molar-refractivity contribution in [3.8, 4) is 5.75 Å². The molecular formula is C13H14N2O3. The minimum absolute atomic E-state index is 0.434. The molecule has 1 aromatic heterocycles. The number of nitrogen functional groups attached to an aromatic ring is 1. The zero-order valence-corrected chi connectivity index (χ0v) is 10.2. The zero-order chi connectivity index (χ0) is 13.1. The van der Waals surface area contributed by atoms with E-state index in [0.717, 1.165) is 5.39 Å². The number of ether oxygens (including phenoxy) is 2. The summed E-state index contributed by atoms with van der Waals surface area (Å²) < 4.78 is 10.2. The molecule has 1 aromatic carbocycles. The van der Waals surface area contributed by atoms with Gasteiger partial charge in [0.25, 0.3) is 0 Å². The Hall–Kier alpha value is -2.30. The maximum absolute atomic E-state index is 11.3. The summed E-state index contributed by atoms with van der Waals surface area (Å²) in [7, 11) is 1.32. The molecule has 0 spiro atoms. The molecule has 2 rings (SSSR count). The molecule has 2 N–H and O–H groups in total. The third kappa shape index (κ3) is 2.20. The van der Waals surface area contributed by atoms with Gasteiger partial charge in [-0.05, 0) is 31.2 Å². The molecule has 1 heterocycles. The van der Waals surface area contributed by atoms with Crippen molar-refractivity contribution in [3.63, 3.8) is 0 Å². The van der Waals surface area contributed by atoms with Crippen LogP contribution in [0.2, 0.25) is 0 Å². The summed E-state index contributed by atoms with van der Waals surface area (Å²) >= 11 is 0. The maximum Gasteiger partial charge on any atom is 0.346 e. The van der Waals surface area contributed by atoms with E-state index in [4.69, 9.17) is 10.5 Å². The lowest BCUT2D eigenvalue weighted by molar-refractivity contribution is -0.147. The van der Waals surface area contributed by atoms with Crippen molar-refractivity contribution in [3.05, 3.63) is 30.5 Å². The van der Waals surface area contributed by atoms with E-state index in [0.29, 0.717) is 17.0 Å². The Balaban J connectivity index is 2.40. The molecule has 5 nitrogen and oxygen atoms in total. The first kappa shape index (κ1) is 12.2. The van der Waals surface area contributed by atoms with Crippen molar-refractivity contribution < 1.29 is 14.3 Å². The molecule has 0 saturated carbocycles. The molecule has 1 atom stereocenters. The van der Waals surface area contributed by atoms with Gasteiger partial charge in [-0.3, -0.25) is 4.98 Å². The normalized spacial score (nSPS) is 12.1. The highest BCUT2D eigenvalue weighted by atomic mass is 16.6. The number of anilines is 1. The molecule has 0 bridgehead atoms. The molecule has 0 aliphatic rings. The van der Waals surface area contributed by atoms with Crippen molar-refractivity contribution >= 4 is 22.6 Å². The lowest BCUT2D eigenvalue weighted by atomic mass is 10.1. The van der Waals surface area contributed by atoms with Crippen LogP contribution in [-0.4, -0.2) is 24.2 Å². The van der Waals surface area contributed by atoms with Crippen LogP contribution in [0.4, 0.5) is 5.69 Å². The molecule has 0 aliphatic carbocycles. The van der Waals surface area contributed by atoms with Crippen LogP contribution in [0.25, 0.3) is 10.9 Å². The Morgan fingerprint density at radius 2 is 2.17 bits per heavy atom. The molecule has 0 aliphatic heterocycles. The van der Waals surface area contributed by atoms with Crippen molar-refractivity contribution in [2.45, 2.75) is 13.0 Å². The van der Waals surface area contributed by atoms with Crippen molar-refractivity contribution in [2.75, 3.05) is 12.8 Å². The van der Waals surface area contributed by atoms with Crippen LogP contribution < -0.4 is 10.5 Å². The van der Waals surface area contributed by atoms with E-state index in [1.54, 1.807) is 31.3 Å². The summed E-state index contributed by atoms with van der Waals surface area (Å²) in [5, 5.41) is 0.798. The Bertz CT molecular complexity index is 583. The van der Waals surface area contributed by atoms with Crippen LogP contribution in [0.15, 0.2) is 30.5 Å². The predicted octanol–water partition coefficient (Wildman–Crippen LogP) is 1.76. The first-order chi connectivity index (χ1) is 8.63. The average Bonchev–Trinajstić information content (AvgIpc) is 2.41. The molecule has 0 fully saturated rings. The molecular weight excluding hydrogens is 232 g/mol. The van der Waals surface area contributed by atoms with Gasteiger partial charge in [0.2, 0.25) is 0 Å². The summed E-state index contributed by atoms with van der Waals surface area (Å²) in [4.78, 5) is 15.5. The number of carbonyl (C=O) groups is 1. The Morgan fingerprint density at radius 1 is 1.39 bits per heavy atom. The lowest BCUT2D eigenvalue weighted by Crippen LogP contribution is -2.25. The summed E-state index contributed by atoms with van der Waals surface area (Å²) in [5.41, 5.74) is 7.11. The van der Waals surface area contributed by atoms with E-state index >= 15 is 0 Å². The van der Waals surface area contributed by atoms with Crippen LogP contribution in [0.3, 0.4) is 0 Å². The number of benzene rings is 1. The van der Waals surface area contributed by atoms with E-state index < -0.39 is 12.1 Å². The van der Waals surface area contributed by atoms with E-state index in [-0.39, 0.29) is 0 Å². The second-order valence-corrected chi connectivity index (χ2v) is 3.84. The van der Waals surface area contributed by atoms with Gasteiger partial charge in [0.15, 0.2) is 6.10 Å². The highest BCUT2D eigenvalue weighted by Gasteiger charge is 2.16. The molecule has 0 saturated heterocycles. The number of hydrogen-bond acceptors (Lipinski definition) is 5. The SMILES string of the molecule is COC(=O)C(C)Oc1ccc(N)c2cccnc12. The lowest BCUT2D eigenvalue weighted by Gasteiger charge is -2.14. The van der Waals surface area contributed by atoms with Gasteiger partial charge >= 0.3 is 5.97 Å². The van der Waals surface area contributed by atoms with Crippen molar-refractivity contribution in [2.24, 2.45) is 0 Å². The second kappa shape index (κ2) is 4.91. The Labute approximate surface area is 105 Å². The van der Waals surface area contributed by atoms with E-state index in [1.807, 2.05) is 6.07 Å². The number of carbonyl (C=O) groups excluding carboxylic acids is 1. The van der Waals surface area contributed by atoms with E-state index in [2.05, 4.69) is 9.72 Å². The largest absolute Gasteiger partial charge is 0.477 e. The average molecular weight is 246 g/mol. The molecule has 0 amide bonds. The molecule has 18 heavy (non-hydrogen) atoms. The highest BCUT2D eigenvalue weighted by Crippen LogP contribution is 2.28. The number of esters is 1. The number of nitrogens with zero attached hydrogens (tertiary/aromatic N) is 1. The quantitative estimate of drug-likeness (QED) is 0.659. The number of methoxy groups -OCH3 is 1. The Kier molecular flexibility index (Phi) is 3.32. The van der Waals surface area contributed by atoms with Crippen LogP contribution in [0.1, 0.15) is 6.92 Å². The zero-order valence-electron chi connectivity index (χ0n) is 10.2. The van der Waals surface area contributed by atoms with E-state index in [9.17, 15) is 4.79 Å². The number of fused-ring (bicyclic) bond motifs is 1. The van der Waals surface area contributed by atoms with Crippen molar-refractivity contribution in [1.29, 1.82) is 0 Å². The Morgan fingerprint density at radius 3 is 2.89 bits per heavy atom.